The van der Waals surface area contributed by atoms with Gasteiger partial charge in [0.15, 0.2) is 5.03 Å². The summed E-state index contributed by atoms with van der Waals surface area (Å²) in [5.74, 6) is 0. The van der Waals surface area contributed by atoms with Crippen LogP contribution < -0.4 is 4.72 Å². The van der Waals surface area contributed by atoms with E-state index in [0.29, 0.717) is 5.02 Å². The maximum Gasteiger partial charge on any atom is 0.279 e. The zero-order chi connectivity index (χ0) is 13.3. The number of hydrogen-bond acceptors (Lipinski definition) is 3. The second-order valence-electron chi connectivity index (χ2n) is 3.27. The molecule has 0 aliphatic rings. The van der Waals surface area contributed by atoms with Gasteiger partial charge in [-0.2, -0.15) is 8.42 Å². The van der Waals surface area contributed by atoms with Crippen LogP contribution in [0.25, 0.3) is 0 Å². The molecule has 96 valence electrons. The number of halogens is 3. The number of H-pyrrole nitrogens is 1. The summed E-state index contributed by atoms with van der Waals surface area (Å²) in [6, 6.07) is 2.78. The Morgan fingerprint density at radius 1 is 1.17 bits per heavy atom. The molecule has 0 fully saturated rings. The number of hydrogen-bond donors (Lipinski definition) is 2. The molecule has 2 aromatic rings. The zero-order valence-corrected chi connectivity index (χ0v) is 11.7. The van der Waals surface area contributed by atoms with Crippen LogP contribution >= 0.6 is 34.8 Å². The van der Waals surface area contributed by atoms with Gasteiger partial charge in [0.25, 0.3) is 10.0 Å². The van der Waals surface area contributed by atoms with E-state index in [0.717, 1.165) is 0 Å². The Balaban J connectivity index is 2.42. The van der Waals surface area contributed by atoms with E-state index in [1.807, 2.05) is 0 Å². The highest BCUT2D eigenvalue weighted by Gasteiger charge is 2.19. The number of imidazole rings is 1. The molecule has 2 rings (SSSR count). The first-order valence-electron chi connectivity index (χ1n) is 4.56. The van der Waals surface area contributed by atoms with Gasteiger partial charge in [0.2, 0.25) is 0 Å². The van der Waals surface area contributed by atoms with Crippen molar-refractivity contribution in [2.75, 3.05) is 4.72 Å². The number of sulfonamides is 1. The Kier molecular flexibility index (Phi) is 3.72. The summed E-state index contributed by atoms with van der Waals surface area (Å²) in [6.07, 6.45) is 2.42. The lowest BCUT2D eigenvalue weighted by atomic mass is 10.3. The number of nitrogens with one attached hydrogen (secondary N) is 2. The molecular formula is C9H6Cl3N3O2S. The fourth-order valence-corrected chi connectivity index (χ4v) is 3.25. The largest absolute Gasteiger partial charge is 0.334 e. The van der Waals surface area contributed by atoms with Gasteiger partial charge in [-0.05, 0) is 12.1 Å². The number of nitrogens with zero attached hydrogens (tertiary/aromatic N) is 1. The minimum Gasteiger partial charge on any atom is -0.334 e. The maximum absolute atomic E-state index is 11.9. The Hall–Kier alpha value is -0.950. The van der Waals surface area contributed by atoms with Gasteiger partial charge in [-0.1, -0.05) is 34.8 Å². The fourth-order valence-electron chi connectivity index (χ4n) is 1.22. The number of aromatic nitrogens is 2. The summed E-state index contributed by atoms with van der Waals surface area (Å²) in [5, 5.41) is 0.435. The van der Waals surface area contributed by atoms with Crippen molar-refractivity contribution in [1.82, 2.24) is 9.97 Å². The average Bonchev–Trinajstić information content (AvgIpc) is 2.77. The monoisotopic (exact) mass is 325 g/mol. The van der Waals surface area contributed by atoms with Crippen molar-refractivity contribution in [3.63, 3.8) is 0 Å². The van der Waals surface area contributed by atoms with Crippen LogP contribution in [0.3, 0.4) is 0 Å². The third-order valence-electron chi connectivity index (χ3n) is 2.01. The molecule has 0 saturated carbocycles. The predicted octanol–water partition coefficient (Wildman–Crippen LogP) is 3.17. The van der Waals surface area contributed by atoms with E-state index < -0.39 is 10.0 Å². The van der Waals surface area contributed by atoms with Crippen molar-refractivity contribution < 1.29 is 8.42 Å². The van der Waals surface area contributed by atoms with Gasteiger partial charge < -0.3 is 4.98 Å². The quantitative estimate of drug-likeness (QED) is 0.909. The summed E-state index contributed by atoms with van der Waals surface area (Å²) in [5.41, 5.74) is 0.0670. The molecule has 1 aromatic carbocycles. The van der Waals surface area contributed by atoms with Crippen molar-refractivity contribution in [2.24, 2.45) is 0 Å². The molecule has 0 aliphatic heterocycles. The Morgan fingerprint density at radius 3 is 2.28 bits per heavy atom. The molecule has 0 saturated heterocycles. The Bertz CT molecular complexity index is 647. The van der Waals surface area contributed by atoms with Crippen LogP contribution in [0.5, 0.6) is 0 Å². The van der Waals surface area contributed by atoms with E-state index in [-0.39, 0.29) is 20.8 Å². The van der Waals surface area contributed by atoms with E-state index in [4.69, 9.17) is 34.8 Å². The predicted molar refractivity (Wildman–Crippen MR) is 70.9 cm³/mol. The van der Waals surface area contributed by atoms with Gasteiger partial charge in [0, 0.05) is 5.02 Å². The number of aromatic amines is 1. The number of benzene rings is 1. The fraction of sp³-hybridized carbons (Fsp3) is 0. The molecule has 0 unspecified atom stereocenters. The zero-order valence-electron chi connectivity index (χ0n) is 8.62. The SMILES string of the molecule is O=S(=O)(Nc1c(Cl)cc(Cl)cc1Cl)c1cnc[nH]1. The minimum atomic E-state index is -3.81. The number of anilines is 1. The molecule has 0 amide bonds. The molecule has 5 nitrogen and oxygen atoms in total. The molecule has 0 aliphatic carbocycles. The van der Waals surface area contributed by atoms with Crippen molar-refractivity contribution in [2.45, 2.75) is 5.03 Å². The Morgan fingerprint density at radius 2 is 1.78 bits per heavy atom. The van der Waals surface area contributed by atoms with Crippen LogP contribution in [0, 0.1) is 0 Å². The van der Waals surface area contributed by atoms with Crippen LogP contribution in [0.15, 0.2) is 29.7 Å². The van der Waals surface area contributed by atoms with Crippen LogP contribution in [0.4, 0.5) is 5.69 Å². The summed E-state index contributed by atoms with van der Waals surface area (Å²) >= 11 is 17.5. The van der Waals surface area contributed by atoms with Crippen LogP contribution in [0.1, 0.15) is 0 Å². The molecule has 2 N–H and O–H groups in total. The Labute approximate surface area is 118 Å². The topological polar surface area (TPSA) is 74.8 Å². The lowest BCUT2D eigenvalue weighted by molar-refractivity contribution is 0.598. The normalized spacial score (nSPS) is 11.5. The van der Waals surface area contributed by atoms with Gasteiger partial charge in [0.1, 0.15) is 0 Å². The molecule has 0 spiro atoms. The second kappa shape index (κ2) is 4.97. The van der Waals surface area contributed by atoms with Crippen molar-refractivity contribution in [1.29, 1.82) is 0 Å². The van der Waals surface area contributed by atoms with Crippen molar-refractivity contribution >= 4 is 50.5 Å². The van der Waals surface area contributed by atoms with Crippen molar-refractivity contribution in [3.05, 3.63) is 39.7 Å². The molecular weight excluding hydrogens is 321 g/mol. The maximum atomic E-state index is 11.9. The highest BCUT2D eigenvalue weighted by Crippen LogP contribution is 2.34. The standard InChI is InChI=1S/C9H6Cl3N3O2S/c10-5-1-6(11)9(7(12)2-5)15-18(16,17)8-3-13-4-14-8/h1-4,15H,(H,13,14). The van der Waals surface area contributed by atoms with Crippen LogP contribution in [-0.4, -0.2) is 18.4 Å². The van der Waals surface area contributed by atoms with Gasteiger partial charge in [0.05, 0.1) is 28.3 Å². The van der Waals surface area contributed by atoms with Gasteiger partial charge in [-0.15, -0.1) is 0 Å². The first-order chi connectivity index (χ1) is 8.40. The highest BCUT2D eigenvalue weighted by molar-refractivity contribution is 7.92. The van der Waals surface area contributed by atoms with Gasteiger partial charge in [-0.3, -0.25) is 4.72 Å². The van der Waals surface area contributed by atoms with E-state index in [2.05, 4.69) is 14.7 Å². The molecule has 0 atom stereocenters. The minimum absolute atomic E-state index is 0.0670. The molecule has 9 heteroatoms. The lowest BCUT2D eigenvalue weighted by Gasteiger charge is -2.10. The summed E-state index contributed by atoms with van der Waals surface area (Å²) in [6.45, 7) is 0. The smallest absolute Gasteiger partial charge is 0.279 e. The van der Waals surface area contributed by atoms with Gasteiger partial charge in [-0.25, -0.2) is 4.98 Å². The second-order valence-corrected chi connectivity index (χ2v) is 6.17. The van der Waals surface area contributed by atoms with E-state index in [1.54, 1.807) is 0 Å². The first kappa shape index (κ1) is 13.5. The molecule has 0 bridgehead atoms. The third kappa shape index (κ3) is 2.72. The summed E-state index contributed by atoms with van der Waals surface area (Å²) < 4.78 is 26.1. The lowest BCUT2D eigenvalue weighted by Crippen LogP contribution is -2.14. The first-order valence-corrected chi connectivity index (χ1v) is 7.17. The van der Waals surface area contributed by atoms with Crippen molar-refractivity contribution in [3.8, 4) is 0 Å². The molecule has 0 radical (unpaired) electrons. The average molecular weight is 327 g/mol. The number of rotatable bonds is 3. The molecule has 1 aromatic heterocycles. The molecule has 18 heavy (non-hydrogen) atoms. The summed E-state index contributed by atoms with van der Waals surface area (Å²) in [4.78, 5) is 6.10. The highest BCUT2D eigenvalue weighted by atomic mass is 35.5. The van der Waals surface area contributed by atoms with Crippen LogP contribution in [-0.2, 0) is 10.0 Å². The summed E-state index contributed by atoms with van der Waals surface area (Å²) in [7, 11) is -3.81. The van der Waals surface area contributed by atoms with E-state index in [1.165, 1.54) is 24.7 Å². The van der Waals surface area contributed by atoms with Gasteiger partial charge >= 0.3 is 0 Å². The van der Waals surface area contributed by atoms with Crippen LogP contribution in [0.2, 0.25) is 15.1 Å². The third-order valence-corrected chi connectivity index (χ3v) is 4.10. The van der Waals surface area contributed by atoms with E-state index >= 15 is 0 Å². The molecule has 1 heterocycles. The van der Waals surface area contributed by atoms with E-state index in [9.17, 15) is 8.42 Å².